The summed E-state index contributed by atoms with van der Waals surface area (Å²) in [4.78, 5) is 21.8. The Balaban J connectivity index is 1.55. The maximum Gasteiger partial charge on any atom is 0.230 e. The summed E-state index contributed by atoms with van der Waals surface area (Å²) >= 11 is 0. The normalized spacial score (nSPS) is 22.3. The smallest absolute Gasteiger partial charge is 0.230 e. The standard InChI is InChI=1S/C24H34N6O2/c1-18-6-3-4-9-30(18)21-8-5-7-20(19(21)2)22-25-23(28-10-14-31-15-11-28)27-24(26-22)29-12-16-32-17-13-29/h5,7-8,18H,3-4,6,9-17H2,1-2H3. The molecule has 1 atom stereocenters. The zero-order chi connectivity index (χ0) is 21.9. The number of morpholine rings is 2. The minimum Gasteiger partial charge on any atom is -0.378 e. The fourth-order valence-electron chi connectivity index (χ4n) is 4.92. The van der Waals surface area contributed by atoms with Crippen molar-refractivity contribution in [3.05, 3.63) is 23.8 Å². The van der Waals surface area contributed by atoms with Crippen LogP contribution in [-0.4, -0.2) is 80.1 Å². The van der Waals surface area contributed by atoms with Crippen LogP contribution in [0.5, 0.6) is 0 Å². The first kappa shape index (κ1) is 21.4. The number of hydrogen-bond donors (Lipinski definition) is 0. The molecule has 32 heavy (non-hydrogen) atoms. The minimum atomic E-state index is 0.559. The average molecular weight is 439 g/mol. The van der Waals surface area contributed by atoms with Crippen molar-refractivity contribution < 1.29 is 9.47 Å². The second-order valence-electron chi connectivity index (χ2n) is 8.95. The van der Waals surface area contributed by atoms with E-state index < -0.39 is 0 Å². The molecule has 2 aromatic rings. The molecule has 3 fully saturated rings. The number of piperidine rings is 1. The number of anilines is 3. The lowest BCUT2D eigenvalue weighted by atomic mass is 9.99. The third-order valence-corrected chi connectivity index (χ3v) is 6.86. The van der Waals surface area contributed by atoms with Crippen LogP contribution in [0.15, 0.2) is 18.2 Å². The maximum atomic E-state index is 5.55. The summed E-state index contributed by atoms with van der Waals surface area (Å²) < 4.78 is 11.1. The van der Waals surface area contributed by atoms with E-state index >= 15 is 0 Å². The predicted molar refractivity (Wildman–Crippen MR) is 127 cm³/mol. The fourth-order valence-corrected chi connectivity index (χ4v) is 4.92. The lowest BCUT2D eigenvalue weighted by molar-refractivity contribution is 0.121. The lowest BCUT2D eigenvalue weighted by Gasteiger charge is -2.36. The van der Waals surface area contributed by atoms with Gasteiger partial charge in [-0.25, -0.2) is 0 Å². The van der Waals surface area contributed by atoms with Gasteiger partial charge >= 0.3 is 0 Å². The topological polar surface area (TPSA) is 66.8 Å². The lowest BCUT2D eigenvalue weighted by Crippen LogP contribution is -2.40. The van der Waals surface area contributed by atoms with Crippen molar-refractivity contribution in [2.75, 3.05) is 73.9 Å². The van der Waals surface area contributed by atoms with Gasteiger partial charge in [-0.1, -0.05) is 12.1 Å². The van der Waals surface area contributed by atoms with Gasteiger partial charge in [-0.2, -0.15) is 15.0 Å². The molecule has 0 aliphatic carbocycles. The summed E-state index contributed by atoms with van der Waals surface area (Å²) in [6.07, 6.45) is 3.82. The quantitative estimate of drug-likeness (QED) is 0.722. The molecule has 8 heteroatoms. The Kier molecular flexibility index (Phi) is 6.41. The highest BCUT2D eigenvalue weighted by atomic mass is 16.5. The van der Waals surface area contributed by atoms with Crippen LogP contribution in [0.25, 0.3) is 11.4 Å². The van der Waals surface area contributed by atoms with Gasteiger partial charge in [0, 0.05) is 50.0 Å². The van der Waals surface area contributed by atoms with Crippen LogP contribution in [0, 0.1) is 6.92 Å². The van der Waals surface area contributed by atoms with Crippen molar-refractivity contribution in [3.8, 4) is 11.4 Å². The average Bonchev–Trinajstić information content (AvgIpc) is 2.85. The molecule has 1 unspecified atom stereocenters. The summed E-state index contributed by atoms with van der Waals surface area (Å²) in [6, 6.07) is 7.10. The molecular weight excluding hydrogens is 404 g/mol. The zero-order valence-corrected chi connectivity index (χ0v) is 19.3. The molecule has 3 aliphatic rings. The molecule has 1 aromatic carbocycles. The van der Waals surface area contributed by atoms with E-state index in [1.54, 1.807) is 0 Å². The van der Waals surface area contributed by atoms with Gasteiger partial charge in [0.1, 0.15) is 0 Å². The van der Waals surface area contributed by atoms with Crippen LogP contribution >= 0.6 is 0 Å². The van der Waals surface area contributed by atoms with Crippen molar-refractivity contribution in [1.82, 2.24) is 15.0 Å². The maximum absolute atomic E-state index is 5.55. The molecule has 0 spiro atoms. The second-order valence-corrected chi connectivity index (χ2v) is 8.95. The molecule has 8 nitrogen and oxygen atoms in total. The van der Waals surface area contributed by atoms with Gasteiger partial charge in [0.2, 0.25) is 11.9 Å². The number of hydrogen-bond acceptors (Lipinski definition) is 8. The molecule has 0 saturated carbocycles. The number of aromatic nitrogens is 3. The molecule has 3 aliphatic heterocycles. The van der Waals surface area contributed by atoms with Crippen LogP contribution < -0.4 is 14.7 Å². The molecule has 3 saturated heterocycles. The summed E-state index contributed by atoms with van der Waals surface area (Å²) in [5.41, 5.74) is 3.64. The van der Waals surface area contributed by atoms with Crippen LogP contribution in [0.3, 0.4) is 0 Å². The summed E-state index contributed by atoms with van der Waals surface area (Å²) in [5.74, 6) is 2.25. The molecule has 4 heterocycles. The first-order chi connectivity index (χ1) is 15.7. The first-order valence-corrected chi connectivity index (χ1v) is 12.0. The third-order valence-electron chi connectivity index (χ3n) is 6.86. The highest BCUT2D eigenvalue weighted by molar-refractivity contribution is 5.71. The Labute approximate surface area is 190 Å². The summed E-state index contributed by atoms with van der Waals surface area (Å²) in [5, 5.41) is 0. The highest BCUT2D eigenvalue weighted by Crippen LogP contribution is 2.33. The zero-order valence-electron chi connectivity index (χ0n) is 19.3. The monoisotopic (exact) mass is 438 g/mol. The van der Waals surface area contributed by atoms with Gasteiger partial charge in [-0.15, -0.1) is 0 Å². The van der Waals surface area contributed by atoms with Gasteiger partial charge in [0.25, 0.3) is 0 Å². The Hall–Kier alpha value is -2.45. The van der Waals surface area contributed by atoms with E-state index in [-0.39, 0.29) is 0 Å². The van der Waals surface area contributed by atoms with Crippen molar-refractivity contribution >= 4 is 17.6 Å². The Morgan fingerprint density at radius 3 is 2.03 bits per heavy atom. The second kappa shape index (κ2) is 9.58. The minimum absolute atomic E-state index is 0.559. The van der Waals surface area contributed by atoms with Crippen molar-refractivity contribution in [2.45, 2.75) is 39.2 Å². The number of ether oxygens (including phenoxy) is 2. The molecular formula is C24H34N6O2. The molecule has 172 valence electrons. The molecule has 0 bridgehead atoms. The fraction of sp³-hybridized carbons (Fsp3) is 0.625. The van der Waals surface area contributed by atoms with E-state index in [4.69, 9.17) is 24.4 Å². The molecule has 1 aromatic heterocycles. The third kappa shape index (κ3) is 4.38. The van der Waals surface area contributed by atoms with E-state index in [0.29, 0.717) is 32.5 Å². The van der Waals surface area contributed by atoms with Crippen LogP contribution in [0.2, 0.25) is 0 Å². The summed E-state index contributed by atoms with van der Waals surface area (Å²) in [7, 11) is 0. The molecule has 0 amide bonds. The van der Waals surface area contributed by atoms with E-state index in [9.17, 15) is 0 Å². The Morgan fingerprint density at radius 1 is 0.812 bits per heavy atom. The predicted octanol–water partition coefficient (Wildman–Crippen LogP) is 2.90. The SMILES string of the molecule is Cc1c(-c2nc(N3CCOCC3)nc(N3CCOCC3)n2)cccc1N1CCCCC1C. The van der Waals surface area contributed by atoms with Crippen LogP contribution in [-0.2, 0) is 9.47 Å². The van der Waals surface area contributed by atoms with Crippen LogP contribution in [0.4, 0.5) is 17.6 Å². The number of benzene rings is 1. The van der Waals surface area contributed by atoms with Crippen molar-refractivity contribution in [2.24, 2.45) is 0 Å². The number of nitrogens with zero attached hydrogens (tertiary/aromatic N) is 6. The Morgan fingerprint density at radius 2 is 1.44 bits per heavy atom. The number of rotatable bonds is 4. The van der Waals surface area contributed by atoms with Gasteiger partial charge in [0.05, 0.1) is 26.4 Å². The van der Waals surface area contributed by atoms with Crippen LogP contribution in [0.1, 0.15) is 31.7 Å². The van der Waals surface area contributed by atoms with E-state index in [2.05, 4.69) is 46.7 Å². The van der Waals surface area contributed by atoms with E-state index in [1.165, 1.54) is 30.5 Å². The van der Waals surface area contributed by atoms with Gasteiger partial charge in [-0.05, 0) is 44.7 Å². The molecule has 0 radical (unpaired) electrons. The van der Waals surface area contributed by atoms with Crippen molar-refractivity contribution in [1.29, 1.82) is 0 Å². The Bertz CT molecular complexity index is 890. The largest absolute Gasteiger partial charge is 0.378 e. The van der Waals surface area contributed by atoms with Gasteiger partial charge < -0.3 is 24.2 Å². The van der Waals surface area contributed by atoms with Gasteiger partial charge in [-0.3, -0.25) is 0 Å². The summed E-state index contributed by atoms with van der Waals surface area (Å²) in [6.45, 7) is 11.7. The highest BCUT2D eigenvalue weighted by Gasteiger charge is 2.24. The van der Waals surface area contributed by atoms with Crippen molar-refractivity contribution in [3.63, 3.8) is 0 Å². The van der Waals surface area contributed by atoms with Gasteiger partial charge in [0.15, 0.2) is 5.82 Å². The molecule has 5 rings (SSSR count). The van der Waals surface area contributed by atoms with E-state index in [0.717, 1.165) is 56.0 Å². The first-order valence-electron chi connectivity index (χ1n) is 12.0. The van der Waals surface area contributed by atoms with E-state index in [1.807, 2.05) is 0 Å². The molecule has 0 N–H and O–H groups in total.